The van der Waals surface area contributed by atoms with Crippen molar-refractivity contribution in [2.45, 2.75) is 39.2 Å². The largest absolute Gasteiger partial charge is 0.354 e. The number of amides is 2. The van der Waals surface area contributed by atoms with E-state index in [9.17, 15) is 9.59 Å². The van der Waals surface area contributed by atoms with Crippen LogP contribution in [0.2, 0.25) is 0 Å². The van der Waals surface area contributed by atoms with E-state index in [4.69, 9.17) is 0 Å². The van der Waals surface area contributed by atoms with E-state index in [0.29, 0.717) is 19.5 Å². The summed E-state index contributed by atoms with van der Waals surface area (Å²) in [6.07, 6.45) is 2.03. The van der Waals surface area contributed by atoms with Gasteiger partial charge < -0.3 is 10.2 Å². The minimum absolute atomic E-state index is 0.0585. The number of piperidine rings is 1. The van der Waals surface area contributed by atoms with Crippen LogP contribution in [0.4, 0.5) is 0 Å². The van der Waals surface area contributed by atoms with Gasteiger partial charge in [-0.05, 0) is 38.1 Å². The Bertz CT molecular complexity index is 448. The molecular weight excluding hydrogens is 272 g/mol. The van der Waals surface area contributed by atoms with Gasteiger partial charge in [0.25, 0.3) is 0 Å². The van der Waals surface area contributed by atoms with Gasteiger partial charge in [-0.3, -0.25) is 9.59 Å². The normalized spacial score (nSPS) is 16.4. The number of rotatable bonds is 4. The van der Waals surface area contributed by atoms with Crippen LogP contribution in [-0.4, -0.2) is 35.8 Å². The van der Waals surface area contributed by atoms with Crippen LogP contribution < -0.4 is 5.32 Å². The highest BCUT2D eigenvalue weighted by atomic mass is 32.1. The summed E-state index contributed by atoms with van der Waals surface area (Å²) >= 11 is 1.62. The Hall–Kier alpha value is -1.36. The second-order valence-electron chi connectivity index (χ2n) is 5.57. The highest BCUT2D eigenvalue weighted by Crippen LogP contribution is 2.19. The second kappa shape index (κ2) is 6.88. The molecule has 1 aliphatic heterocycles. The third-order valence-electron chi connectivity index (χ3n) is 3.55. The Morgan fingerprint density at radius 2 is 2.10 bits per heavy atom. The van der Waals surface area contributed by atoms with Gasteiger partial charge in [-0.25, -0.2) is 0 Å². The minimum Gasteiger partial charge on any atom is -0.354 e. The third-order valence-corrected chi connectivity index (χ3v) is 4.43. The van der Waals surface area contributed by atoms with E-state index >= 15 is 0 Å². The van der Waals surface area contributed by atoms with E-state index in [1.807, 2.05) is 36.3 Å². The first-order chi connectivity index (χ1) is 9.56. The first-order valence-corrected chi connectivity index (χ1v) is 8.04. The summed E-state index contributed by atoms with van der Waals surface area (Å²) in [5.41, 5.74) is 0. The van der Waals surface area contributed by atoms with Crippen molar-refractivity contribution < 1.29 is 9.59 Å². The van der Waals surface area contributed by atoms with Gasteiger partial charge in [-0.2, -0.15) is 0 Å². The van der Waals surface area contributed by atoms with Crippen molar-refractivity contribution >= 4 is 23.2 Å². The first-order valence-electron chi connectivity index (χ1n) is 7.17. The summed E-state index contributed by atoms with van der Waals surface area (Å²) in [4.78, 5) is 27.1. The average molecular weight is 294 g/mol. The van der Waals surface area contributed by atoms with Crippen molar-refractivity contribution in [3.8, 4) is 0 Å². The molecule has 5 heteroatoms. The Labute approximate surface area is 124 Å². The van der Waals surface area contributed by atoms with Crippen LogP contribution in [0, 0.1) is 5.92 Å². The molecule has 0 radical (unpaired) electrons. The molecular formula is C15H22N2O2S. The lowest BCUT2D eigenvalue weighted by atomic mass is 9.95. The fourth-order valence-electron chi connectivity index (χ4n) is 2.47. The number of carbonyl (C=O) groups is 2. The second-order valence-corrected chi connectivity index (χ2v) is 6.61. The van der Waals surface area contributed by atoms with Crippen LogP contribution in [0.3, 0.4) is 0 Å². The van der Waals surface area contributed by atoms with Gasteiger partial charge in [0.05, 0.1) is 6.42 Å². The van der Waals surface area contributed by atoms with Crippen molar-refractivity contribution in [3.63, 3.8) is 0 Å². The minimum atomic E-state index is 0.0585. The van der Waals surface area contributed by atoms with Gasteiger partial charge in [-0.1, -0.05) is 6.07 Å². The molecule has 1 aromatic rings. The molecule has 1 N–H and O–H groups in total. The Morgan fingerprint density at radius 3 is 2.65 bits per heavy atom. The molecule has 0 aromatic carbocycles. The molecule has 0 atom stereocenters. The molecule has 0 spiro atoms. The Morgan fingerprint density at radius 1 is 1.40 bits per heavy atom. The number of likely N-dealkylation sites (tertiary alicyclic amines) is 1. The van der Waals surface area contributed by atoms with Crippen LogP contribution in [-0.2, 0) is 16.0 Å². The van der Waals surface area contributed by atoms with Crippen molar-refractivity contribution in [1.29, 1.82) is 0 Å². The number of hydrogen-bond acceptors (Lipinski definition) is 3. The summed E-state index contributed by atoms with van der Waals surface area (Å²) in [5.74, 6) is 0.365. The number of carbonyl (C=O) groups excluding carboxylic acids is 2. The summed E-state index contributed by atoms with van der Waals surface area (Å²) in [7, 11) is 0. The average Bonchev–Trinajstić information content (AvgIpc) is 2.91. The van der Waals surface area contributed by atoms with E-state index in [2.05, 4.69) is 5.32 Å². The van der Waals surface area contributed by atoms with Gasteiger partial charge in [-0.15, -0.1) is 11.3 Å². The molecule has 4 nitrogen and oxygen atoms in total. The quantitative estimate of drug-likeness (QED) is 0.924. The predicted molar refractivity (Wildman–Crippen MR) is 80.6 cm³/mol. The molecule has 1 saturated heterocycles. The molecule has 1 aliphatic rings. The monoisotopic (exact) mass is 294 g/mol. The van der Waals surface area contributed by atoms with Crippen molar-refractivity contribution in [2.75, 3.05) is 13.1 Å². The fraction of sp³-hybridized carbons (Fsp3) is 0.600. The van der Waals surface area contributed by atoms with Crippen molar-refractivity contribution in [2.24, 2.45) is 5.92 Å². The number of hydrogen-bond donors (Lipinski definition) is 1. The predicted octanol–water partition coefficient (Wildman–Crippen LogP) is 2.05. The lowest BCUT2D eigenvalue weighted by Gasteiger charge is -2.31. The fourth-order valence-corrected chi connectivity index (χ4v) is 3.16. The molecule has 0 saturated carbocycles. The Kier molecular flexibility index (Phi) is 5.17. The molecule has 0 aliphatic carbocycles. The van der Waals surface area contributed by atoms with Gasteiger partial charge in [0.15, 0.2) is 0 Å². The highest BCUT2D eigenvalue weighted by Gasteiger charge is 2.27. The van der Waals surface area contributed by atoms with E-state index in [1.54, 1.807) is 11.3 Å². The molecule has 0 bridgehead atoms. The summed E-state index contributed by atoms with van der Waals surface area (Å²) < 4.78 is 0. The molecule has 1 fully saturated rings. The molecule has 1 aromatic heterocycles. The van der Waals surface area contributed by atoms with E-state index in [1.165, 1.54) is 0 Å². The van der Waals surface area contributed by atoms with Crippen LogP contribution >= 0.6 is 11.3 Å². The van der Waals surface area contributed by atoms with E-state index < -0.39 is 0 Å². The molecule has 20 heavy (non-hydrogen) atoms. The van der Waals surface area contributed by atoms with Gasteiger partial charge >= 0.3 is 0 Å². The maximum atomic E-state index is 12.2. The SMILES string of the molecule is CC(C)NC(=O)C1CCN(C(=O)Cc2cccs2)CC1. The number of nitrogens with one attached hydrogen (secondary N) is 1. The van der Waals surface area contributed by atoms with Crippen LogP contribution in [0.5, 0.6) is 0 Å². The third kappa shape index (κ3) is 4.07. The van der Waals surface area contributed by atoms with Gasteiger partial charge in [0.1, 0.15) is 0 Å². The zero-order valence-electron chi connectivity index (χ0n) is 12.1. The van der Waals surface area contributed by atoms with E-state index in [0.717, 1.165) is 17.7 Å². The number of nitrogens with zero attached hydrogens (tertiary/aromatic N) is 1. The first kappa shape index (κ1) is 15.0. The van der Waals surface area contributed by atoms with Gasteiger partial charge in [0, 0.05) is 29.9 Å². The molecule has 2 heterocycles. The maximum Gasteiger partial charge on any atom is 0.227 e. The standard InChI is InChI=1S/C15H22N2O2S/c1-11(2)16-15(19)12-5-7-17(8-6-12)14(18)10-13-4-3-9-20-13/h3-4,9,11-12H,5-8,10H2,1-2H3,(H,16,19). The lowest BCUT2D eigenvalue weighted by molar-refractivity contribution is -0.135. The zero-order valence-corrected chi connectivity index (χ0v) is 12.9. The topological polar surface area (TPSA) is 49.4 Å². The molecule has 0 unspecified atom stereocenters. The van der Waals surface area contributed by atoms with Crippen LogP contribution in [0.15, 0.2) is 17.5 Å². The summed E-state index contributed by atoms with van der Waals surface area (Å²) in [6, 6.07) is 4.14. The number of thiophene rings is 1. The Balaban J connectivity index is 1.79. The molecule has 2 rings (SSSR count). The maximum absolute atomic E-state index is 12.2. The van der Waals surface area contributed by atoms with Crippen molar-refractivity contribution in [3.05, 3.63) is 22.4 Å². The highest BCUT2D eigenvalue weighted by molar-refractivity contribution is 7.10. The molecule has 2 amide bonds. The smallest absolute Gasteiger partial charge is 0.227 e. The van der Waals surface area contributed by atoms with Crippen molar-refractivity contribution in [1.82, 2.24) is 10.2 Å². The van der Waals surface area contributed by atoms with E-state index in [-0.39, 0.29) is 23.8 Å². The lowest BCUT2D eigenvalue weighted by Crippen LogP contribution is -2.44. The molecule has 110 valence electrons. The summed E-state index contributed by atoms with van der Waals surface area (Å²) in [6.45, 7) is 5.33. The van der Waals surface area contributed by atoms with Crippen LogP contribution in [0.25, 0.3) is 0 Å². The zero-order chi connectivity index (χ0) is 14.5. The van der Waals surface area contributed by atoms with Gasteiger partial charge in [0.2, 0.25) is 11.8 Å². The van der Waals surface area contributed by atoms with Crippen LogP contribution in [0.1, 0.15) is 31.6 Å². The summed E-state index contributed by atoms with van der Waals surface area (Å²) in [5, 5.41) is 4.94.